The van der Waals surface area contributed by atoms with E-state index in [1.165, 1.54) is 22.5 Å². The van der Waals surface area contributed by atoms with Gasteiger partial charge in [-0.05, 0) is 39.0 Å². The lowest BCUT2D eigenvalue weighted by Gasteiger charge is -2.35. The molecule has 1 aromatic carbocycles. The van der Waals surface area contributed by atoms with Crippen molar-refractivity contribution in [3.63, 3.8) is 0 Å². The highest BCUT2D eigenvalue weighted by molar-refractivity contribution is 7.89. The van der Waals surface area contributed by atoms with Gasteiger partial charge in [0.05, 0.1) is 17.1 Å². The summed E-state index contributed by atoms with van der Waals surface area (Å²) in [4.78, 5) is 11.6. The highest BCUT2D eigenvalue weighted by Crippen LogP contribution is 2.25. The van der Waals surface area contributed by atoms with Crippen molar-refractivity contribution in [1.82, 2.24) is 9.62 Å². The van der Waals surface area contributed by atoms with Gasteiger partial charge in [0.2, 0.25) is 10.0 Å². The molecule has 8 heteroatoms. The predicted molar refractivity (Wildman–Crippen MR) is 86.9 cm³/mol. The van der Waals surface area contributed by atoms with Crippen molar-refractivity contribution in [3.8, 4) is 5.75 Å². The van der Waals surface area contributed by atoms with E-state index in [1.54, 1.807) is 6.92 Å². The van der Waals surface area contributed by atoms with Gasteiger partial charge < -0.3 is 15.8 Å². The molecular formula is C15H23N3O4S. The molecule has 0 bridgehead atoms. The number of hydrogen-bond acceptors (Lipinski definition) is 5. The van der Waals surface area contributed by atoms with Crippen molar-refractivity contribution in [2.75, 3.05) is 19.7 Å². The maximum atomic E-state index is 12.8. The molecule has 0 radical (unpaired) electrons. The number of nitrogens with zero attached hydrogens (tertiary/aromatic N) is 1. The molecule has 7 nitrogen and oxygen atoms in total. The average molecular weight is 341 g/mol. The molecule has 23 heavy (non-hydrogen) atoms. The Labute approximate surface area is 136 Å². The summed E-state index contributed by atoms with van der Waals surface area (Å²) in [7, 11) is -3.69. The average Bonchev–Trinajstić information content (AvgIpc) is 2.46. The van der Waals surface area contributed by atoms with Crippen LogP contribution in [0.25, 0.3) is 0 Å². The standard InChI is InChI=1S/C15H23N3O4S/c1-4-22-14-6-5-12(7-13(14)15(16)19)23(20,21)18-8-10(2)17-11(3)9-18/h5-7,10-11,17H,4,8-9H2,1-3H3,(H2,16,19)/t10-,11+. The molecule has 1 fully saturated rings. The Morgan fingerprint density at radius 3 is 2.48 bits per heavy atom. The second-order valence-corrected chi connectivity index (χ2v) is 7.68. The molecule has 1 amide bonds. The fourth-order valence-corrected chi connectivity index (χ4v) is 4.41. The molecule has 3 N–H and O–H groups in total. The normalized spacial score (nSPS) is 22.7. The van der Waals surface area contributed by atoms with Crippen LogP contribution < -0.4 is 15.8 Å². The molecule has 1 aliphatic heterocycles. The lowest BCUT2D eigenvalue weighted by atomic mass is 10.2. The number of nitrogens with one attached hydrogen (secondary N) is 1. The van der Waals surface area contributed by atoms with Gasteiger partial charge in [-0.15, -0.1) is 0 Å². The molecule has 128 valence electrons. The number of hydrogen-bond donors (Lipinski definition) is 2. The van der Waals surface area contributed by atoms with Crippen LogP contribution >= 0.6 is 0 Å². The SMILES string of the molecule is CCOc1ccc(S(=O)(=O)N2C[C@@H](C)N[C@@H](C)C2)cc1C(N)=O. The molecule has 0 unspecified atom stereocenters. The van der Waals surface area contributed by atoms with Crippen LogP contribution in [0.2, 0.25) is 0 Å². The van der Waals surface area contributed by atoms with Gasteiger partial charge in [-0.1, -0.05) is 0 Å². The van der Waals surface area contributed by atoms with Crippen LogP contribution in [0, 0.1) is 0 Å². The predicted octanol–water partition coefficient (Wildman–Crippen LogP) is 0.555. The number of sulfonamides is 1. The Bertz CT molecular complexity index is 680. The van der Waals surface area contributed by atoms with Gasteiger partial charge in [-0.3, -0.25) is 4.79 Å². The highest BCUT2D eigenvalue weighted by atomic mass is 32.2. The van der Waals surface area contributed by atoms with Gasteiger partial charge in [-0.25, -0.2) is 8.42 Å². The van der Waals surface area contributed by atoms with Crippen molar-refractivity contribution in [1.29, 1.82) is 0 Å². The van der Waals surface area contributed by atoms with Crippen LogP contribution in [0.5, 0.6) is 5.75 Å². The summed E-state index contributed by atoms with van der Waals surface area (Å²) >= 11 is 0. The van der Waals surface area contributed by atoms with Crippen molar-refractivity contribution in [3.05, 3.63) is 23.8 Å². The minimum Gasteiger partial charge on any atom is -0.493 e. The number of benzene rings is 1. The summed E-state index contributed by atoms with van der Waals surface area (Å²) in [6, 6.07) is 4.34. The van der Waals surface area contributed by atoms with E-state index in [1.807, 2.05) is 13.8 Å². The van der Waals surface area contributed by atoms with E-state index in [9.17, 15) is 13.2 Å². The smallest absolute Gasteiger partial charge is 0.252 e. The fraction of sp³-hybridized carbons (Fsp3) is 0.533. The number of carbonyl (C=O) groups excluding carboxylic acids is 1. The molecule has 2 rings (SSSR count). The van der Waals surface area contributed by atoms with Gasteiger partial charge in [0.15, 0.2) is 0 Å². The molecular weight excluding hydrogens is 318 g/mol. The van der Waals surface area contributed by atoms with Gasteiger partial charge in [-0.2, -0.15) is 4.31 Å². The van der Waals surface area contributed by atoms with E-state index >= 15 is 0 Å². The fourth-order valence-electron chi connectivity index (χ4n) is 2.77. The lowest BCUT2D eigenvalue weighted by Crippen LogP contribution is -2.55. The molecule has 1 aromatic rings. The minimum absolute atomic E-state index is 0.0519. The summed E-state index contributed by atoms with van der Waals surface area (Å²) in [5.41, 5.74) is 5.42. The number of ether oxygens (including phenoxy) is 1. The summed E-state index contributed by atoms with van der Waals surface area (Å²) in [6.45, 7) is 6.77. The Morgan fingerprint density at radius 2 is 1.96 bits per heavy atom. The van der Waals surface area contributed by atoms with Crippen LogP contribution in [0.1, 0.15) is 31.1 Å². The third kappa shape index (κ3) is 3.82. The van der Waals surface area contributed by atoms with E-state index in [0.717, 1.165) is 0 Å². The number of amides is 1. The van der Waals surface area contributed by atoms with E-state index in [-0.39, 0.29) is 22.5 Å². The molecule has 1 heterocycles. The van der Waals surface area contributed by atoms with E-state index in [2.05, 4.69) is 5.32 Å². The first kappa shape index (κ1) is 17.7. The van der Waals surface area contributed by atoms with Gasteiger partial charge in [0, 0.05) is 25.2 Å². The Balaban J connectivity index is 2.40. The number of rotatable bonds is 5. The molecule has 0 saturated carbocycles. The number of carbonyl (C=O) groups is 1. The minimum atomic E-state index is -3.69. The second kappa shape index (κ2) is 6.86. The molecule has 0 spiro atoms. The van der Waals surface area contributed by atoms with Crippen LogP contribution in [0.15, 0.2) is 23.1 Å². The highest BCUT2D eigenvalue weighted by Gasteiger charge is 2.32. The number of piperazine rings is 1. The van der Waals surface area contributed by atoms with Crippen LogP contribution in [0.3, 0.4) is 0 Å². The quantitative estimate of drug-likeness (QED) is 0.814. The number of primary amides is 1. The first-order valence-electron chi connectivity index (χ1n) is 7.58. The first-order valence-corrected chi connectivity index (χ1v) is 9.02. The molecule has 1 aliphatic rings. The van der Waals surface area contributed by atoms with Gasteiger partial charge in [0.25, 0.3) is 5.91 Å². The zero-order valence-corrected chi connectivity index (χ0v) is 14.4. The van der Waals surface area contributed by atoms with Gasteiger partial charge in [0.1, 0.15) is 5.75 Å². The topological polar surface area (TPSA) is 102 Å². The molecule has 1 saturated heterocycles. The van der Waals surface area contributed by atoms with Crippen LogP contribution in [0.4, 0.5) is 0 Å². The van der Waals surface area contributed by atoms with Crippen molar-refractivity contribution in [2.24, 2.45) is 5.73 Å². The molecule has 0 aliphatic carbocycles. The third-order valence-corrected chi connectivity index (χ3v) is 5.51. The summed E-state index contributed by atoms with van der Waals surface area (Å²) in [5, 5.41) is 3.29. The maximum Gasteiger partial charge on any atom is 0.252 e. The Morgan fingerprint density at radius 1 is 1.35 bits per heavy atom. The van der Waals surface area contributed by atoms with Crippen molar-refractivity contribution >= 4 is 15.9 Å². The van der Waals surface area contributed by atoms with E-state index in [0.29, 0.717) is 25.4 Å². The number of nitrogens with two attached hydrogens (primary N) is 1. The zero-order valence-electron chi connectivity index (χ0n) is 13.6. The van der Waals surface area contributed by atoms with E-state index < -0.39 is 15.9 Å². The lowest BCUT2D eigenvalue weighted by molar-refractivity contribution is 0.0996. The summed E-state index contributed by atoms with van der Waals surface area (Å²) < 4.78 is 32.4. The van der Waals surface area contributed by atoms with Gasteiger partial charge >= 0.3 is 0 Å². The summed E-state index contributed by atoms with van der Waals surface area (Å²) in [6.07, 6.45) is 0. The first-order chi connectivity index (χ1) is 10.8. The largest absolute Gasteiger partial charge is 0.493 e. The van der Waals surface area contributed by atoms with E-state index in [4.69, 9.17) is 10.5 Å². The van der Waals surface area contributed by atoms with Crippen LogP contribution in [-0.4, -0.2) is 50.4 Å². The maximum absolute atomic E-state index is 12.8. The Hall–Kier alpha value is -1.64. The molecule has 2 atom stereocenters. The zero-order chi connectivity index (χ0) is 17.2. The third-order valence-electron chi connectivity index (χ3n) is 3.68. The van der Waals surface area contributed by atoms with Crippen LogP contribution in [-0.2, 0) is 10.0 Å². The van der Waals surface area contributed by atoms with Crippen molar-refractivity contribution in [2.45, 2.75) is 37.8 Å². The van der Waals surface area contributed by atoms with Crippen molar-refractivity contribution < 1.29 is 17.9 Å². The Kier molecular flexibility index (Phi) is 5.28. The molecule has 0 aromatic heterocycles. The summed E-state index contributed by atoms with van der Waals surface area (Å²) in [5.74, 6) is -0.423. The monoisotopic (exact) mass is 341 g/mol. The second-order valence-electron chi connectivity index (χ2n) is 5.75.